The van der Waals surface area contributed by atoms with Gasteiger partial charge in [-0.25, -0.2) is 0 Å². The number of rotatable bonds is 8. The summed E-state index contributed by atoms with van der Waals surface area (Å²) >= 11 is 0. The fraction of sp³-hybridized carbons (Fsp3) is 0.300. The van der Waals surface area contributed by atoms with Crippen LogP contribution >= 0.6 is 0 Å². The van der Waals surface area contributed by atoms with E-state index in [2.05, 4.69) is 5.32 Å². The molecule has 0 spiro atoms. The number of carbonyl (C=O) groups is 2. The third-order valence-corrected chi connectivity index (χ3v) is 4.16. The lowest BCUT2D eigenvalue weighted by atomic mass is 10.0. The molecule has 0 aliphatic carbocycles. The fourth-order valence-electron chi connectivity index (χ4n) is 2.70. The van der Waals surface area contributed by atoms with Crippen molar-refractivity contribution in [3.63, 3.8) is 0 Å². The van der Waals surface area contributed by atoms with Gasteiger partial charge in [-0.15, -0.1) is 0 Å². The Morgan fingerprint density at radius 2 is 1.77 bits per heavy atom. The van der Waals surface area contributed by atoms with Crippen LogP contribution in [0.5, 0.6) is 11.5 Å². The van der Waals surface area contributed by atoms with E-state index in [1.54, 1.807) is 32.4 Å². The molecule has 0 aromatic heterocycles. The average molecular weight is 356 g/mol. The second kappa shape index (κ2) is 8.89. The van der Waals surface area contributed by atoms with Crippen molar-refractivity contribution in [2.75, 3.05) is 14.2 Å². The van der Waals surface area contributed by atoms with Crippen molar-refractivity contribution >= 4 is 11.8 Å². The van der Waals surface area contributed by atoms with Crippen LogP contribution in [0.1, 0.15) is 40.9 Å². The van der Waals surface area contributed by atoms with E-state index in [0.29, 0.717) is 23.5 Å². The van der Waals surface area contributed by atoms with Crippen molar-refractivity contribution in [1.29, 1.82) is 0 Å². The third-order valence-electron chi connectivity index (χ3n) is 4.16. The Labute approximate surface area is 153 Å². The van der Waals surface area contributed by atoms with E-state index < -0.39 is 0 Å². The summed E-state index contributed by atoms with van der Waals surface area (Å²) in [6.07, 6.45) is 0.638. The Kier molecular flexibility index (Phi) is 6.60. The molecule has 0 bridgehead atoms. The van der Waals surface area contributed by atoms with Crippen LogP contribution in [-0.4, -0.2) is 26.0 Å². The molecule has 2 aromatic rings. The van der Waals surface area contributed by atoms with Crippen molar-refractivity contribution in [3.05, 3.63) is 59.2 Å². The van der Waals surface area contributed by atoms with Crippen molar-refractivity contribution in [3.8, 4) is 11.5 Å². The molecule has 0 aliphatic rings. The third kappa shape index (κ3) is 4.75. The van der Waals surface area contributed by atoms with Gasteiger partial charge in [-0.2, -0.15) is 0 Å². The lowest BCUT2D eigenvalue weighted by Gasteiger charge is -2.17. The molecule has 0 radical (unpaired) electrons. The quantitative estimate of drug-likeness (QED) is 0.761. The Bertz CT molecular complexity index is 789. The minimum absolute atomic E-state index is 0.202. The first kappa shape index (κ1) is 19.3. The summed E-state index contributed by atoms with van der Waals surface area (Å²) in [4.78, 5) is 23.7. The Hall–Kier alpha value is -3.02. The van der Waals surface area contributed by atoms with Gasteiger partial charge in [-0.1, -0.05) is 24.3 Å². The van der Waals surface area contributed by atoms with Crippen LogP contribution in [0.3, 0.4) is 0 Å². The van der Waals surface area contributed by atoms with Crippen LogP contribution in [0.4, 0.5) is 0 Å². The second-order valence-electron chi connectivity index (χ2n) is 5.93. The van der Waals surface area contributed by atoms with Gasteiger partial charge >= 0.3 is 0 Å². The van der Waals surface area contributed by atoms with Gasteiger partial charge < -0.3 is 20.5 Å². The Morgan fingerprint density at radius 3 is 2.42 bits per heavy atom. The number of amides is 2. The highest BCUT2D eigenvalue weighted by molar-refractivity contribution is 5.96. The van der Waals surface area contributed by atoms with E-state index in [1.807, 2.05) is 31.2 Å². The van der Waals surface area contributed by atoms with Gasteiger partial charge in [-0.3, -0.25) is 9.59 Å². The Morgan fingerprint density at radius 1 is 1.08 bits per heavy atom. The molecule has 138 valence electrons. The van der Waals surface area contributed by atoms with Crippen LogP contribution in [-0.2, 0) is 11.2 Å². The predicted molar refractivity (Wildman–Crippen MR) is 99.4 cm³/mol. The number of nitrogens with one attached hydrogen (secondary N) is 1. The van der Waals surface area contributed by atoms with Crippen molar-refractivity contribution < 1.29 is 19.1 Å². The summed E-state index contributed by atoms with van der Waals surface area (Å²) in [5.41, 5.74) is 7.44. The number of primary amides is 1. The van der Waals surface area contributed by atoms with Crippen LogP contribution in [0, 0.1) is 0 Å². The molecule has 0 aliphatic heterocycles. The highest BCUT2D eigenvalue weighted by Gasteiger charge is 2.16. The van der Waals surface area contributed by atoms with E-state index in [9.17, 15) is 9.59 Å². The lowest BCUT2D eigenvalue weighted by molar-refractivity contribution is -0.118. The molecule has 0 saturated carbocycles. The summed E-state index contributed by atoms with van der Waals surface area (Å²) in [6, 6.07) is 12.5. The first-order valence-corrected chi connectivity index (χ1v) is 8.35. The van der Waals surface area contributed by atoms with E-state index >= 15 is 0 Å². The molecule has 3 N–H and O–H groups in total. The molecule has 26 heavy (non-hydrogen) atoms. The number of benzene rings is 2. The molecule has 2 amide bonds. The minimum Gasteiger partial charge on any atom is -0.493 e. The van der Waals surface area contributed by atoms with E-state index in [-0.39, 0.29) is 24.3 Å². The van der Waals surface area contributed by atoms with Crippen molar-refractivity contribution in [2.45, 2.75) is 25.8 Å². The molecule has 2 rings (SSSR count). The van der Waals surface area contributed by atoms with Gasteiger partial charge in [-0.05, 0) is 42.7 Å². The predicted octanol–water partition coefficient (Wildman–Crippen LogP) is 2.61. The van der Waals surface area contributed by atoms with Gasteiger partial charge in [0.15, 0.2) is 11.5 Å². The van der Waals surface area contributed by atoms with Gasteiger partial charge in [0, 0.05) is 12.0 Å². The normalized spacial score (nSPS) is 11.5. The first-order valence-electron chi connectivity index (χ1n) is 8.35. The first-order chi connectivity index (χ1) is 12.5. The zero-order valence-electron chi connectivity index (χ0n) is 15.2. The Balaban J connectivity index is 2.16. The largest absolute Gasteiger partial charge is 0.493 e. The van der Waals surface area contributed by atoms with Gasteiger partial charge in [0.05, 0.1) is 20.3 Å². The maximum Gasteiger partial charge on any atom is 0.252 e. The maximum atomic E-state index is 12.7. The van der Waals surface area contributed by atoms with Crippen molar-refractivity contribution in [1.82, 2.24) is 5.32 Å². The topological polar surface area (TPSA) is 90.6 Å². The number of methoxy groups -OCH3 is 2. The lowest BCUT2D eigenvalue weighted by Crippen LogP contribution is -2.27. The fourth-order valence-corrected chi connectivity index (χ4v) is 2.70. The SMILES string of the molecule is COc1ccc([C@@H](C)NC(=O)c2ccccc2CCC(N)=O)cc1OC. The summed E-state index contributed by atoms with van der Waals surface area (Å²) < 4.78 is 10.5. The number of nitrogens with two attached hydrogens (primary N) is 1. The number of ether oxygens (including phenoxy) is 2. The van der Waals surface area contributed by atoms with Gasteiger partial charge in [0.2, 0.25) is 5.91 Å². The smallest absolute Gasteiger partial charge is 0.252 e. The molecule has 6 nitrogen and oxygen atoms in total. The second-order valence-corrected chi connectivity index (χ2v) is 5.93. The summed E-state index contributed by atoms with van der Waals surface area (Å²) in [5.74, 6) is 0.644. The number of carbonyl (C=O) groups excluding carboxylic acids is 2. The van der Waals surface area contributed by atoms with Gasteiger partial charge in [0.1, 0.15) is 0 Å². The molecule has 2 aromatic carbocycles. The maximum absolute atomic E-state index is 12.7. The number of hydrogen-bond donors (Lipinski definition) is 2. The molecular weight excluding hydrogens is 332 g/mol. The minimum atomic E-state index is -0.390. The zero-order chi connectivity index (χ0) is 19.1. The standard InChI is InChI=1S/C20H24N2O4/c1-13(15-8-10-17(25-2)18(12-15)26-3)22-20(24)16-7-5-4-6-14(16)9-11-19(21)23/h4-8,10,12-13H,9,11H2,1-3H3,(H2,21,23)(H,22,24)/t13-/m1/s1. The number of hydrogen-bond acceptors (Lipinski definition) is 4. The summed E-state index contributed by atoms with van der Waals surface area (Å²) in [5, 5.41) is 2.98. The van der Waals surface area contributed by atoms with Crippen LogP contribution in [0.2, 0.25) is 0 Å². The van der Waals surface area contributed by atoms with E-state index in [1.165, 1.54) is 0 Å². The molecule has 0 fully saturated rings. The zero-order valence-corrected chi connectivity index (χ0v) is 15.2. The molecule has 0 saturated heterocycles. The monoisotopic (exact) mass is 356 g/mol. The molecule has 6 heteroatoms. The van der Waals surface area contributed by atoms with E-state index in [4.69, 9.17) is 15.2 Å². The van der Waals surface area contributed by atoms with Crippen LogP contribution < -0.4 is 20.5 Å². The van der Waals surface area contributed by atoms with Crippen LogP contribution in [0.15, 0.2) is 42.5 Å². The average Bonchev–Trinajstić information content (AvgIpc) is 2.65. The van der Waals surface area contributed by atoms with Gasteiger partial charge in [0.25, 0.3) is 5.91 Å². The molecule has 0 heterocycles. The summed E-state index contributed by atoms with van der Waals surface area (Å²) in [7, 11) is 3.14. The highest BCUT2D eigenvalue weighted by atomic mass is 16.5. The molecule has 1 atom stereocenters. The highest BCUT2D eigenvalue weighted by Crippen LogP contribution is 2.30. The molecule has 0 unspecified atom stereocenters. The summed E-state index contributed by atoms with van der Waals surface area (Å²) in [6.45, 7) is 1.89. The van der Waals surface area contributed by atoms with Crippen molar-refractivity contribution in [2.24, 2.45) is 5.73 Å². The molecular formula is C20H24N2O4. The van der Waals surface area contributed by atoms with E-state index in [0.717, 1.165) is 11.1 Å². The number of aryl methyl sites for hydroxylation is 1. The van der Waals surface area contributed by atoms with Crippen LogP contribution in [0.25, 0.3) is 0 Å².